The third-order valence-electron chi connectivity index (χ3n) is 5.19. The summed E-state index contributed by atoms with van der Waals surface area (Å²) in [5.74, 6) is -1.26. The molecule has 0 bridgehead atoms. The number of hydrogen-bond donors (Lipinski definition) is 1. The Hall–Kier alpha value is -1.32. The van der Waals surface area contributed by atoms with E-state index in [0.29, 0.717) is 25.0 Å². The molecule has 1 aliphatic carbocycles. The molecule has 0 amide bonds. The van der Waals surface area contributed by atoms with Gasteiger partial charge in [-0.15, -0.1) is 0 Å². The summed E-state index contributed by atoms with van der Waals surface area (Å²) in [7, 11) is 0. The van der Waals surface area contributed by atoms with Gasteiger partial charge in [-0.2, -0.15) is 0 Å². The number of carbonyl (C=O) groups excluding carboxylic acids is 1. The van der Waals surface area contributed by atoms with Gasteiger partial charge in [0, 0.05) is 0 Å². The van der Waals surface area contributed by atoms with Gasteiger partial charge in [-0.1, -0.05) is 52.0 Å². The monoisotopic (exact) mass is 338 g/mol. The van der Waals surface area contributed by atoms with Crippen molar-refractivity contribution in [2.75, 3.05) is 6.61 Å². The SMILES string of the molecule is CCCCOC(=O)C(=C1CCCCC1)C(CC)(CCCC)C(=O)O. The number of aliphatic carboxylic acids is 1. The largest absolute Gasteiger partial charge is 0.481 e. The van der Waals surface area contributed by atoms with Crippen LogP contribution in [0.5, 0.6) is 0 Å². The molecular weight excluding hydrogens is 304 g/mol. The smallest absolute Gasteiger partial charge is 0.335 e. The molecule has 1 saturated carbocycles. The quantitative estimate of drug-likeness (QED) is 0.335. The normalized spacial score (nSPS) is 17.2. The minimum Gasteiger partial charge on any atom is -0.481 e. The topological polar surface area (TPSA) is 63.6 Å². The van der Waals surface area contributed by atoms with Crippen LogP contribution in [-0.2, 0) is 14.3 Å². The Morgan fingerprint density at radius 1 is 1.04 bits per heavy atom. The molecule has 0 saturated heterocycles. The number of carbonyl (C=O) groups is 2. The zero-order valence-corrected chi connectivity index (χ0v) is 15.7. The fraction of sp³-hybridized carbons (Fsp3) is 0.800. The predicted octanol–water partition coefficient (Wildman–Crippen LogP) is 5.26. The maximum atomic E-state index is 12.8. The van der Waals surface area contributed by atoms with Crippen molar-refractivity contribution >= 4 is 11.9 Å². The van der Waals surface area contributed by atoms with Gasteiger partial charge in [0.05, 0.1) is 17.6 Å². The molecule has 1 aliphatic rings. The number of carboxylic acids is 1. The molecule has 0 radical (unpaired) electrons. The Kier molecular flexibility index (Phi) is 9.09. The van der Waals surface area contributed by atoms with Crippen LogP contribution in [-0.4, -0.2) is 23.7 Å². The fourth-order valence-corrected chi connectivity index (χ4v) is 3.61. The lowest BCUT2D eigenvalue weighted by atomic mass is 9.70. The molecule has 0 spiro atoms. The molecule has 1 unspecified atom stereocenters. The van der Waals surface area contributed by atoms with E-state index in [0.717, 1.165) is 63.4 Å². The summed E-state index contributed by atoms with van der Waals surface area (Å²) in [4.78, 5) is 25.1. The second-order valence-electron chi connectivity index (χ2n) is 6.87. The molecule has 1 rings (SSSR count). The molecule has 0 aliphatic heterocycles. The van der Waals surface area contributed by atoms with E-state index in [4.69, 9.17) is 4.74 Å². The molecular formula is C20H34O4. The highest BCUT2D eigenvalue weighted by atomic mass is 16.5. The van der Waals surface area contributed by atoms with Gasteiger partial charge >= 0.3 is 11.9 Å². The van der Waals surface area contributed by atoms with Crippen LogP contribution in [0.25, 0.3) is 0 Å². The van der Waals surface area contributed by atoms with Crippen molar-refractivity contribution in [2.45, 2.75) is 91.4 Å². The van der Waals surface area contributed by atoms with Crippen molar-refractivity contribution in [1.82, 2.24) is 0 Å². The molecule has 4 heteroatoms. The number of hydrogen-bond acceptors (Lipinski definition) is 3. The van der Waals surface area contributed by atoms with Crippen LogP contribution >= 0.6 is 0 Å². The molecule has 0 aromatic rings. The summed E-state index contributed by atoms with van der Waals surface area (Å²) >= 11 is 0. The Balaban J connectivity index is 3.25. The first-order chi connectivity index (χ1) is 11.5. The molecule has 0 heterocycles. The summed E-state index contributed by atoms with van der Waals surface area (Å²) in [5, 5.41) is 10.0. The van der Waals surface area contributed by atoms with Gasteiger partial charge in [0.25, 0.3) is 0 Å². The minimum absolute atomic E-state index is 0.374. The number of esters is 1. The zero-order valence-electron chi connectivity index (χ0n) is 15.7. The first kappa shape index (κ1) is 20.7. The van der Waals surface area contributed by atoms with Gasteiger partial charge in [-0.05, 0) is 44.9 Å². The lowest BCUT2D eigenvalue weighted by Crippen LogP contribution is -2.38. The van der Waals surface area contributed by atoms with E-state index in [2.05, 4.69) is 6.92 Å². The Morgan fingerprint density at radius 3 is 2.17 bits per heavy atom. The third-order valence-corrected chi connectivity index (χ3v) is 5.19. The highest BCUT2D eigenvalue weighted by Gasteiger charge is 2.45. The summed E-state index contributed by atoms with van der Waals surface area (Å²) in [6.07, 6.45) is 9.33. The van der Waals surface area contributed by atoms with Crippen LogP contribution in [0.2, 0.25) is 0 Å². The van der Waals surface area contributed by atoms with Crippen LogP contribution in [0.3, 0.4) is 0 Å². The highest BCUT2D eigenvalue weighted by molar-refractivity contribution is 5.98. The van der Waals surface area contributed by atoms with Crippen LogP contribution in [0.15, 0.2) is 11.1 Å². The van der Waals surface area contributed by atoms with Crippen LogP contribution in [0.4, 0.5) is 0 Å². The molecule has 4 nitrogen and oxygen atoms in total. The first-order valence-corrected chi connectivity index (χ1v) is 9.66. The molecule has 138 valence electrons. The average molecular weight is 338 g/mol. The standard InChI is InChI=1S/C20H34O4/c1-4-7-14-20(6-3,19(22)23)17(16-12-10-9-11-13-16)18(21)24-15-8-5-2/h4-15H2,1-3H3,(H,22,23). The van der Waals surface area contributed by atoms with E-state index >= 15 is 0 Å². The Bertz CT molecular complexity index is 445. The van der Waals surface area contributed by atoms with Gasteiger partial charge in [-0.25, -0.2) is 4.79 Å². The molecule has 1 atom stereocenters. The summed E-state index contributed by atoms with van der Waals surface area (Å²) in [6.45, 7) is 6.35. The van der Waals surface area contributed by atoms with E-state index in [1.54, 1.807) is 0 Å². The van der Waals surface area contributed by atoms with Gasteiger partial charge in [0.15, 0.2) is 0 Å². The van der Waals surface area contributed by atoms with E-state index in [1.165, 1.54) is 0 Å². The number of allylic oxidation sites excluding steroid dienone is 1. The van der Waals surface area contributed by atoms with Crippen molar-refractivity contribution in [3.63, 3.8) is 0 Å². The van der Waals surface area contributed by atoms with Crippen molar-refractivity contribution in [1.29, 1.82) is 0 Å². The van der Waals surface area contributed by atoms with Crippen LogP contribution in [0, 0.1) is 5.41 Å². The van der Waals surface area contributed by atoms with E-state index in [9.17, 15) is 14.7 Å². The maximum Gasteiger partial charge on any atom is 0.335 e. The van der Waals surface area contributed by atoms with E-state index in [1.807, 2.05) is 13.8 Å². The van der Waals surface area contributed by atoms with Crippen LogP contribution in [0.1, 0.15) is 91.4 Å². The molecule has 24 heavy (non-hydrogen) atoms. The van der Waals surface area contributed by atoms with E-state index < -0.39 is 11.4 Å². The maximum absolute atomic E-state index is 12.8. The second kappa shape index (κ2) is 10.5. The first-order valence-electron chi connectivity index (χ1n) is 9.66. The van der Waals surface area contributed by atoms with Crippen LogP contribution < -0.4 is 0 Å². The second-order valence-corrected chi connectivity index (χ2v) is 6.87. The number of carboxylic acid groups (broad SMARTS) is 1. The Labute approximate surface area is 146 Å². The molecule has 0 aromatic carbocycles. The predicted molar refractivity (Wildman–Crippen MR) is 95.9 cm³/mol. The fourth-order valence-electron chi connectivity index (χ4n) is 3.61. The van der Waals surface area contributed by atoms with Gasteiger partial charge in [0.1, 0.15) is 0 Å². The summed E-state index contributed by atoms with van der Waals surface area (Å²) < 4.78 is 5.48. The summed E-state index contributed by atoms with van der Waals surface area (Å²) in [6, 6.07) is 0. The molecule has 0 aromatic heterocycles. The lowest BCUT2D eigenvalue weighted by Gasteiger charge is -2.33. The number of ether oxygens (including phenoxy) is 1. The minimum atomic E-state index is -1.09. The van der Waals surface area contributed by atoms with E-state index in [-0.39, 0.29) is 5.97 Å². The van der Waals surface area contributed by atoms with Crippen molar-refractivity contribution in [3.8, 4) is 0 Å². The van der Waals surface area contributed by atoms with Crippen molar-refractivity contribution in [3.05, 3.63) is 11.1 Å². The molecule has 1 fully saturated rings. The van der Waals surface area contributed by atoms with Crippen molar-refractivity contribution < 1.29 is 19.4 Å². The average Bonchev–Trinajstić information content (AvgIpc) is 2.59. The Morgan fingerprint density at radius 2 is 1.67 bits per heavy atom. The van der Waals surface area contributed by atoms with Gasteiger partial charge < -0.3 is 9.84 Å². The summed E-state index contributed by atoms with van der Waals surface area (Å²) in [5.41, 5.74) is 0.413. The number of rotatable bonds is 10. The van der Waals surface area contributed by atoms with Gasteiger partial charge in [0.2, 0.25) is 0 Å². The highest BCUT2D eigenvalue weighted by Crippen LogP contribution is 2.43. The van der Waals surface area contributed by atoms with Gasteiger partial charge in [-0.3, -0.25) is 4.79 Å². The number of unbranched alkanes of at least 4 members (excludes halogenated alkanes) is 2. The third kappa shape index (κ3) is 5.09. The lowest BCUT2D eigenvalue weighted by molar-refractivity contribution is -0.152. The van der Waals surface area contributed by atoms with Crippen molar-refractivity contribution in [2.24, 2.45) is 5.41 Å². The zero-order chi connectivity index (χ0) is 18.0. The molecule has 1 N–H and O–H groups in total.